The number of nitrogens with zero attached hydrogens (tertiary/aromatic N) is 3. The van der Waals surface area contributed by atoms with Gasteiger partial charge in [0.15, 0.2) is 0 Å². The number of rotatable bonds is 5. The fraction of sp³-hybridized carbons (Fsp3) is 0.0851. The summed E-state index contributed by atoms with van der Waals surface area (Å²) >= 11 is 0. The van der Waals surface area contributed by atoms with E-state index in [2.05, 4.69) is 144 Å². The lowest BCUT2D eigenvalue weighted by Crippen LogP contribution is -2.30. The van der Waals surface area contributed by atoms with Crippen LogP contribution in [0, 0.1) is 12.3 Å². The third kappa shape index (κ3) is 5.14. The predicted octanol–water partition coefficient (Wildman–Crippen LogP) is 11.3. The average molecular weight is 658 g/mol. The van der Waals surface area contributed by atoms with E-state index in [0.717, 1.165) is 62.0 Å². The van der Waals surface area contributed by atoms with Crippen molar-refractivity contribution in [3.05, 3.63) is 186 Å². The lowest BCUT2D eigenvalue weighted by atomic mass is 9.73. The van der Waals surface area contributed by atoms with Crippen molar-refractivity contribution in [1.82, 2.24) is 9.55 Å². The molecule has 7 aromatic rings. The van der Waals surface area contributed by atoms with E-state index < -0.39 is 0 Å². The molecule has 0 aliphatic carbocycles. The highest BCUT2D eigenvalue weighted by Gasteiger charge is 2.36. The number of aromatic nitrogens is 2. The maximum Gasteiger partial charge on any atom is 0.145 e. The number of allylic oxidation sites excluding steroid dienone is 4. The third-order valence-corrected chi connectivity index (χ3v) is 10.2. The van der Waals surface area contributed by atoms with Gasteiger partial charge >= 0.3 is 0 Å². The van der Waals surface area contributed by atoms with E-state index in [1.165, 1.54) is 22.5 Å². The largest absolute Gasteiger partial charge is 0.461 e. The van der Waals surface area contributed by atoms with E-state index in [1.807, 2.05) is 42.5 Å². The minimum atomic E-state index is -0.0974. The molecule has 2 aliphatic heterocycles. The molecule has 0 N–H and O–H groups in total. The summed E-state index contributed by atoms with van der Waals surface area (Å²) in [4.78, 5) is 7.36. The second kappa shape index (κ2) is 12.1. The fourth-order valence-corrected chi connectivity index (χ4v) is 7.61. The zero-order chi connectivity index (χ0) is 34.5. The Balaban J connectivity index is 1.00. The van der Waals surface area contributed by atoms with Crippen LogP contribution in [0.3, 0.4) is 0 Å². The van der Waals surface area contributed by atoms with Crippen LogP contribution in [0.15, 0.2) is 164 Å². The van der Waals surface area contributed by atoms with E-state index in [9.17, 15) is 0 Å². The van der Waals surface area contributed by atoms with Gasteiger partial charge in [-0.05, 0) is 83.4 Å². The van der Waals surface area contributed by atoms with Crippen molar-refractivity contribution in [3.63, 3.8) is 0 Å². The van der Waals surface area contributed by atoms with Crippen molar-refractivity contribution in [2.24, 2.45) is 0 Å². The second-order valence-corrected chi connectivity index (χ2v) is 13.6. The smallest absolute Gasteiger partial charge is 0.145 e. The van der Waals surface area contributed by atoms with Crippen LogP contribution in [0.1, 0.15) is 36.1 Å². The highest BCUT2D eigenvalue weighted by molar-refractivity contribution is 5.87. The van der Waals surface area contributed by atoms with Gasteiger partial charge in [-0.2, -0.15) is 0 Å². The third-order valence-electron chi connectivity index (χ3n) is 10.2. The first-order chi connectivity index (χ1) is 25.0. The number of hydrogen-bond donors (Lipinski definition) is 0. The molecular formula is C47H35N3O. The van der Waals surface area contributed by atoms with Crippen LogP contribution in [0.2, 0.25) is 0 Å². The summed E-state index contributed by atoms with van der Waals surface area (Å²) in [5, 5.41) is 0. The van der Waals surface area contributed by atoms with Gasteiger partial charge in [-0.3, -0.25) is 4.57 Å². The molecule has 0 radical (unpaired) electrons. The zero-order valence-electron chi connectivity index (χ0n) is 28.5. The number of hydrogen-bond acceptors (Lipinski definition) is 3. The van der Waals surface area contributed by atoms with Crippen molar-refractivity contribution in [2.45, 2.75) is 25.7 Å². The van der Waals surface area contributed by atoms with Crippen molar-refractivity contribution >= 4 is 33.7 Å². The van der Waals surface area contributed by atoms with E-state index in [1.54, 1.807) is 0 Å². The highest BCUT2D eigenvalue weighted by Crippen LogP contribution is 2.52. The number of fused-ring (bicyclic) bond motifs is 4. The summed E-state index contributed by atoms with van der Waals surface area (Å²) < 4.78 is 8.54. The first kappa shape index (κ1) is 30.5. The van der Waals surface area contributed by atoms with Gasteiger partial charge in [-0.1, -0.05) is 111 Å². The SMILES string of the molecule is C#C/C(=C\C=C1/Cc2cc(N3c4ccccc4C(C)(C)c4ccccc43)ccc2O1)c1ccc(-n2c(-c3ccccc3)nc3ccccc32)cc1. The molecule has 244 valence electrons. The normalized spacial score (nSPS) is 15.2. The number of terminal acetylenes is 1. The summed E-state index contributed by atoms with van der Waals surface area (Å²) in [7, 11) is 0. The van der Waals surface area contributed by atoms with E-state index in [-0.39, 0.29) is 5.41 Å². The molecule has 0 fully saturated rings. The molecule has 0 saturated heterocycles. The minimum Gasteiger partial charge on any atom is -0.461 e. The summed E-state index contributed by atoms with van der Waals surface area (Å²) in [6.45, 7) is 4.62. The Hall–Kier alpha value is -6.57. The molecule has 4 heteroatoms. The fourth-order valence-electron chi connectivity index (χ4n) is 7.61. The van der Waals surface area contributed by atoms with Gasteiger partial charge in [-0.15, -0.1) is 6.42 Å². The Morgan fingerprint density at radius 1 is 0.745 bits per heavy atom. The van der Waals surface area contributed by atoms with E-state index >= 15 is 0 Å². The van der Waals surface area contributed by atoms with Crippen LogP contribution < -0.4 is 9.64 Å². The number of anilines is 3. The molecule has 0 spiro atoms. The van der Waals surface area contributed by atoms with Gasteiger partial charge in [-0.25, -0.2) is 4.98 Å². The summed E-state index contributed by atoms with van der Waals surface area (Å²) in [5.41, 5.74) is 13.1. The molecule has 2 aliphatic rings. The number of benzene rings is 6. The van der Waals surface area contributed by atoms with Crippen LogP contribution >= 0.6 is 0 Å². The Kier molecular flexibility index (Phi) is 7.22. The molecule has 1 aromatic heterocycles. The molecule has 4 nitrogen and oxygen atoms in total. The van der Waals surface area contributed by atoms with Crippen molar-refractivity contribution in [2.75, 3.05) is 4.90 Å². The van der Waals surface area contributed by atoms with Gasteiger partial charge in [0.2, 0.25) is 0 Å². The maximum atomic E-state index is 6.34. The lowest BCUT2D eigenvalue weighted by Gasteiger charge is -2.42. The van der Waals surface area contributed by atoms with Gasteiger partial charge in [0, 0.05) is 39.9 Å². The molecule has 6 aromatic carbocycles. The molecule has 0 saturated carbocycles. The first-order valence-electron chi connectivity index (χ1n) is 17.3. The molecular weight excluding hydrogens is 623 g/mol. The van der Waals surface area contributed by atoms with Crippen LogP contribution in [0.4, 0.5) is 17.1 Å². The van der Waals surface area contributed by atoms with Crippen LogP contribution in [0.5, 0.6) is 5.75 Å². The number of ether oxygens (including phenoxy) is 1. The van der Waals surface area contributed by atoms with Gasteiger partial charge in [0.05, 0.1) is 22.4 Å². The zero-order valence-corrected chi connectivity index (χ0v) is 28.5. The topological polar surface area (TPSA) is 30.3 Å². The highest BCUT2D eigenvalue weighted by atomic mass is 16.5. The van der Waals surface area contributed by atoms with Crippen LogP contribution in [0.25, 0.3) is 33.7 Å². The summed E-state index contributed by atoms with van der Waals surface area (Å²) in [5.74, 6) is 5.55. The van der Waals surface area contributed by atoms with Gasteiger partial charge in [0.25, 0.3) is 0 Å². The second-order valence-electron chi connectivity index (χ2n) is 13.6. The van der Waals surface area contributed by atoms with E-state index in [4.69, 9.17) is 16.1 Å². The van der Waals surface area contributed by atoms with E-state index in [0.29, 0.717) is 6.42 Å². The van der Waals surface area contributed by atoms with Gasteiger partial charge in [0.1, 0.15) is 17.3 Å². The Labute approximate surface area is 298 Å². The molecule has 0 unspecified atom stereocenters. The predicted molar refractivity (Wildman–Crippen MR) is 209 cm³/mol. The van der Waals surface area contributed by atoms with Gasteiger partial charge < -0.3 is 9.64 Å². The Bertz CT molecular complexity index is 2510. The van der Waals surface area contributed by atoms with Crippen molar-refractivity contribution < 1.29 is 4.74 Å². The molecule has 0 atom stereocenters. The minimum absolute atomic E-state index is 0.0974. The molecule has 51 heavy (non-hydrogen) atoms. The van der Waals surface area contributed by atoms with Crippen molar-refractivity contribution in [1.29, 1.82) is 0 Å². The monoisotopic (exact) mass is 657 g/mol. The Morgan fingerprint density at radius 3 is 2.12 bits per heavy atom. The number of imidazole rings is 1. The molecule has 9 rings (SSSR count). The lowest BCUT2D eigenvalue weighted by molar-refractivity contribution is 0.446. The quantitative estimate of drug-likeness (QED) is 0.173. The van der Waals surface area contributed by atoms with Crippen LogP contribution in [-0.2, 0) is 11.8 Å². The standard InChI is InChI=1S/C47H35N3O/c1-4-32(33-22-25-36(26-23-33)50-44-21-13-10-18-41(44)48-46(50)34-14-6-5-7-15-34)24-28-38-31-35-30-37(27-29-45(35)51-38)49-42-19-11-8-16-39(42)47(2,3)40-17-9-12-20-43(40)49/h1,5-30H,31H2,2-3H3/b32-24+,38-28+. The molecule has 0 bridgehead atoms. The first-order valence-corrected chi connectivity index (χ1v) is 17.3. The average Bonchev–Trinajstić information content (AvgIpc) is 3.77. The van der Waals surface area contributed by atoms with Crippen molar-refractivity contribution in [3.8, 4) is 35.2 Å². The summed E-state index contributed by atoms with van der Waals surface area (Å²) in [6, 6.07) is 50.9. The van der Waals surface area contributed by atoms with Crippen LogP contribution in [-0.4, -0.2) is 9.55 Å². The Morgan fingerprint density at radius 2 is 1.39 bits per heavy atom. The molecule has 3 heterocycles. The number of para-hydroxylation sites is 4. The molecule has 0 amide bonds. The summed E-state index contributed by atoms with van der Waals surface area (Å²) in [6.07, 6.45) is 10.8. The maximum absolute atomic E-state index is 6.34.